The lowest BCUT2D eigenvalue weighted by molar-refractivity contribution is -0.124. The molecule has 0 aliphatic rings. The topological polar surface area (TPSA) is 77.2 Å². The molecule has 0 aliphatic carbocycles. The molecule has 0 radical (unpaired) electrons. The van der Waals surface area contributed by atoms with E-state index in [0.29, 0.717) is 0 Å². The molecule has 2 unspecified atom stereocenters. The van der Waals surface area contributed by atoms with E-state index in [4.69, 9.17) is 10.5 Å². The van der Waals surface area contributed by atoms with Gasteiger partial charge in [0.1, 0.15) is 11.0 Å². The molecular weight excluding hydrogens is 297 g/mol. The van der Waals surface area contributed by atoms with Gasteiger partial charge in [-0.2, -0.15) is 0 Å². The van der Waals surface area contributed by atoms with Crippen LogP contribution in [0.1, 0.15) is 23.7 Å². The van der Waals surface area contributed by atoms with Crippen LogP contribution in [-0.2, 0) is 9.53 Å². The maximum absolute atomic E-state index is 11.6. The number of rotatable bonds is 5. The fourth-order valence-electron chi connectivity index (χ4n) is 1.21. The molecule has 2 atom stereocenters. The van der Waals surface area contributed by atoms with E-state index >= 15 is 0 Å². The van der Waals surface area contributed by atoms with E-state index in [-0.39, 0.29) is 43.4 Å². The fraction of sp³-hybridized carbons (Fsp3) is 0.600. The van der Waals surface area contributed by atoms with Crippen molar-refractivity contribution >= 4 is 42.1 Å². The lowest BCUT2D eigenvalue weighted by Gasteiger charge is -2.15. The van der Waals surface area contributed by atoms with Crippen molar-refractivity contribution < 1.29 is 9.53 Å². The molecular formula is C10H19Cl2N3O2S. The average Bonchev–Trinajstić information content (AvgIpc) is 2.65. The van der Waals surface area contributed by atoms with Crippen molar-refractivity contribution in [3.05, 3.63) is 16.1 Å². The van der Waals surface area contributed by atoms with E-state index in [1.165, 1.54) is 18.4 Å². The highest BCUT2D eigenvalue weighted by atomic mass is 35.5. The van der Waals surface area contributed by atoms with Crippen LogP contribution in [0.25, 0.3) is 0 Å². The molecule has 0 fully saturated rings. The number of ether oxygens (including phenoxy) is 1. The summed E-state index contributed by atoms with van der Waals surface area (Å²) >= 11 is 1.53. The van der Waals surface area contributed by atoms with Crippen LogP contribution in [-0.4, -0.2) is 30.6 Å². The zero-order valence-electron chi connectivity index (χ0n) is 10.5. The number of thiazole rings is 1. The van der Waals surface area contributed by atoms with Gasteiger partial charge >= 0.3 is 0 Å². The predicted molar refractivity (Wildman–Crippen MR) is 77.8 cm³/mol. The van der Waals surface area contributed by atoms with Gasteiger partial charge in [0, 0.05) is 18.2 Å². The lowest BCUT2D eigenvalue weighted by atomic mass is 10.2. The van der Waals surface area contributed by atoms with Gasteiger partial charge in [-0.05, 0) is 13.8 Å². The maximum Gasteiger partial charge on any atom is 0.239 e. The Labute approximate surface area is 123 Å². The number of methoxy groups -OCH3 is 1. The van der Waals surface area contributed by atoms with Gasteiger partial charge in [-0.15, -0.1) is 36.2 Å². The molecule has 106 valence electrons. The van der Waals surface area contributed by atoms with Gasteiger partial charge in [0.2, 0.25) is 5.91 Å². The van der Waals surface area contributed by atoms with E-state index in [9.17, 15) is 4.79 Å². The van der Waals surface area contributed by atoms with Gasteiger partial charge in [-0.3, -0.25) is 4.79 Å². The second-order valence-corrected chi connectivity index (χ2v) is 4.51. The van der Waals surface area contributed by atoms with Crippen LogP contribution < -0.4 is 11.1 Å². The molecule has 0 saturated heterocycles. The van der Waals surface area contributed by atoms with E-state index in [0.717, 1.165) is 10.7 Å². The number of aromatic nitrogens is 1. The third kappa shape index (κ3) is 5.97. The molecule has 3 N–H and O–H groups in total. The van der Waals surface area contributed by atoms with Crippen LogP contribution in [0.5, 0.6) is 0 Å². The Morgan fingerprint density at radius 1 is 1.61 bits per heavy atom. The molecule has 0 bridgehead atoms. The molecule has 1 heterocycles. The summed E-state index contributed by atoms with van der Waals surface area (Å²) < 4.78 is 4.82. The summed E-state index contributed by atoms with van der Waals surface area (Å²) in [6.07, 6.45) is 0. The summed E-state index contributed by atoms with van der Waals surface area (Å²) in [6, 6.07) is -0.748. The average molecular weight is 316 g/mol. The molecule has 18 heavy (non-hydrogen) atoms. The number of amides is 1. The van der Waals surface area contributed by atoms with Crippen molar-refractivity contribution in [2.75, 3.05) is 13.7 Å². The monoisotopic (exact) mass is 315 g/mol. The van der Waals surface area contributed by atoms with Crippen molar-refractivity contribution in [1.29, 1.82) is 0 Å². The van der Waals surface area contributed by atoms with Crippen molar-refractivity contribution in [3.8, 4) is 0 Å². The lowest BCUT2D eigenvalue weighted by Crippen LogP contribution is -2.44. The second kappa shape index (κ2) is 9.52. The van der Waals surface area contributed by atoms with Crippen LogP contribution in [0.2, 0.25) is 0 Å². The summed E-state index contributed by atoms with van der Waals surface area (Å²) in [7, 11) is 1.51. The van der Waals surface area contributed by atoms with Crippen LogP contribution in [0, 0.1) is 6.92 Å². The summed E-state index contributed by atoms with van der Waals surface area (Å²) in [5.74, 6) is -0.220. The molecule has 1 aromatic rings. The highest BCUT2D eigenvalue weighted by molar-refractivity contribution is 7.09. The van der Waals surface area contributed by atoms with Crippen LogP contribution in [0.4, 0.5) is 0 Å². The minimum absolute atomic E-state index is 0. The molecule has 0 aromatic carbocycles. The van der Waals surface area contributed by atoms with Crippen LogP contribution >= 0.6 is 36.2 Å². The maximum atomic E-state index is 11.6. The molecule has 5 nitrogen and oxygen atoms in total. The van der Waals surface area contributed by atoms with Gasteiger partial charge in [0.05, 0.1) is 12.6 Å². The number of nitrogens with one attached hydrogen (secondary N) is 1. The Morgan fingerprint density at radius 2 is 2.22 bits per heavy atom. The number of aryl methyl sites for hydroxylation is 1. The minimum Gasteiger partial charge on any atom is -0.383 e. The number of hydrogen-bond acceptors (Lipinski definition) is 5. The van der Waals surface area contributed by atoms with Crippen LogP contribution in [0.3, 0.4) is 0 Å². The van der Waals surface area contributed by atoms with Crippen molar-refractivity contribution in [2.45, 2.75) is 25.9 Å². The zero-order chi connectivity index (χ0) is 12.1. The summed E-state index contributed by atoms with van der Waals surface area (Å²) in [5.41, 5.74) is 6.57. The third-order valence-corrected chi connectivity index (χ3v) is 3.19. The molecule has 0 saturated carbocycles. The number of halogens is 2. The molecule has 0 spiro atoms. The fourth-order valence-corrected chi connectivity index (χ4v) is 2.01. The smallest absolute Gasteiger partial charge is 0.239 e. The number of nitrogens with two attached hydrogens (primary N) is 1. The normalized spacial score (nSPS) is 12.9. The van der Waals surface area contributed by atoms with Gasteiger partial charge < -0.3 is 15.8 Å². The summed E-state index contributed by atoms with van der Waals surface area (Å²) in [4.78, 5) is 15.9. The largest absolute Gasteiger partial charge is 0.383 e. The van der Waals surface area contributed by atoms with Gasteiger partial charge in [-0.25, -0.2) is 4.98 Å². The highest BCUT2D eigenvalue weighted by Crippen LogP contribution is 2.17. The first-order chi connectivity index (χ1) is 7.54. The van der Waals surface area contributed by atoms with Gasteiger partial charge in [0.25, 0.3) is 0 Å². The standard InChI is InChI=1S/C10H17N3O2S.2ClH/c1-6-5-16-10(12-6)7(2)13-9(14)8(11)4-15-3;;/h5,7-8H,4,11H2,1-3H3,(H,13,14);2*1H. The van der Waals surface area contributed by atoms with E-state index in [1.807, 2.05) is 19.2 Å². The van der Waals surface area contributed by atoms with Crippen molar-refractivity contribution in [3.63, 3.8) is 0 Å². The Balaban J connectivity index is 0. The molecule has 8 heteroatoms. The van der Waals surface area contributed by atoms with E-state index in [2.05, 4.69) is 10.3 Å². The second-order valence-electron chi connectivity index (χ2n) is 3.62. The van der Waals surface area contributed by atoms with E-state index in [1.54, 1.807) is 0 Å². The van der Waals surface area contributed by atoms with Crippen molar-refractivity contribution in [2.24, 2.45) is 5.73 Å². The number of hydrogen-bond donors (Lipinski definition) is 2. The van der Waals surface area contributed by atoms with Gasteiger partial charge in [-0.1, -0.05) is 0 Å². The SMILES string of the molecule is COCC(N)C(=O)NC(C)c1nc(C)cs1.Cl.Cl. The number of carbonyl (C=O) groups is 1. The Hall–Kier alpha value is -0.400. The first kappa shape index (κ1) is 19.9. The Kier molecular flexibility index (Phi) is 10.5. The molecule has 1 aromatic heterocycles. The first-order valence-corrected chi connectivity index (χ1v) is 5.89. The zero-order valence-corrected chi connectivity index (χ0v) is 13.0. The van der Waals surface area contributed by atoms with E-state index < -0.39 is 6.04 Å². The molecule has 0 aliphatic heterocycles. The van der Waals surface area contributed by atoms with Gasteiger partial charge in [0.15, 0.2) is 0 Å². The minimum atomic E-state index is -0.631. The summed E-state index contributed by atoms with van der Waals surface area (Å²) in [6.45, 7) is 4.02. The Bertz CT molecular complexity index is 363. The third-order valence-electron chi connectivity index (χ3n) is 2.05. The quantitative estimate of drug-likeness (QED) is 0.862. The summed E-state index contributed by atoms with van der Waals surface area (Å²) in [5, 5.41) is 5.63. The Morgan fingerprint density at radius 3 is 2.67 bits per heavy atom. The highest BCUT2D eigenvalue weighted by Gasteiger charge is 2.17. The molecule has 1 rings (SSSR count). The molecule has 1 amide bonds. The number of nitrogens with zero attached hydrogens (tertiary/aromatic N) is 1. The predicted octanol–water partition coefficient (Wildman–Crippen LogP) is 1.45. The first-order valence-electron chi connectivity index (χ1n) is 5.01. The number of carbonyl (C=O) groups excluding carboxylic acids is 1. The van der Waals surface area contributed by atoms with Crippen LogP contribution in [0.15, 0.2) is 5.38 Å². The van der Waals surface area contributed by atoms with Crippen molar-refractivity contribution in [1.82, 2.24) is 10.3 Å².